The summed E-state index contributed by atoms with van der Waals surface area (Å²) >= 11 is 18.4. The zero-order valence-electron chi connectivity index (χ0n) is 14.7. The first-order chi connectivity index (χ1) is 14.0. The van der Waals surface area contributed by atoms with Gasteiger partial charge in [-0.05, 0) is 42.5 Å². The molecule has 0 fully saturated rings. The SMILES string of the molecule is [C-]#[N+]c1cc(Cl)cc(Oc2cc(OCc3nc4cccc(Cl)c4o3)ccc2Cl)c1. The first-order valence-electron chi connectivity index (χ1n) is 8.34. The van der Waals surface area contributed by atoms with E-state index < -0.39 is 0 Å². The predicted molar refractivity (Wildman–Crippen MR) is 113 cm³/mol. The van der Waals surface area contributed by atoms with Crippen LogP contribution in [-0.4, -0.2) is 4.98 Å². The molecule has 0 aliphatic heterocycles. The number of aromatic nitrogens is 1. The van der Waals surface area contributed by atoms with Crippen LogP contribution in [0.15, 0.2) is 59.0 Å². The largest absolute Gasteiger partial charge is 0.484 e. The van der Waals surface area contributed by atoms with Gasteiger partial charge in [-0.2, -0.15) is 0 Å². The Morgan fingerprint density at radius 3 is 2.62 bits per heavy atom. The van der Waals surface area contributed by atoms with E-state index in [1.165, 1.54) is 0 Å². The van der Waals surface area contributed by atoms with Crippen LogP contribution in [0, 0.1) is 6.57 Å². The zero-order valence-corrected chi connectivity index (χ0v) is 16.9. The third kappa shape index (κ3) is 4.41. The number of hydrogen-bond acceptors (Lipinski definition) is 4. The minimum absolute atomic E-state index is 0.102. The Kier molecular flexibility index (Phi) is 5.50. The summed E-state index contributed by atoms with van der Waals surface area (Å²) in [5.41, 5.74) is 1.54. The molecule has 0 atom stereocenters. The molecule has 144 valence electrons. The Morgan fingerprint density at radius 2 is 1.83 bits per heavy atom. The van der Waals surface area contributed by atoms with Crippen molar-refractivity contribution in [3.63, 3.8) is 0 Å². The highest BCUT2D eigenvalue weighted by molar-refractivity contribution is 6.34. The molecule has 0 aliphatic carbocycles. The molecule has 29 heavy (non-hydrogen) atoms. The van der Waals surface area contributed by atoms with Gasteiger partial charge in [-0.15, -0.1) is 0 Å². The molecule has 0 saturated heterocycles. The van der Waals surface area contributed by atoms with Crippen LogP contribution < -0.4 is 9.47 Å². The molecule has 0 unspecified atom stereocenters. The Morgan fingerprint density at radius 1 is 0.966 bits per heavy atom. The predicted octanol–water partition coefficient (Wildman–Crippen LogP) is 7.71. The van der Waals surface area contributed by atoms with Crippen LogP contribution in [0.25, 0.3) is 15.9 Å². The van der Waals surface area contributed by atoms with Crippen molar-refractivity contribution in [3.8, 4) is 17.2 Å². The van der Waals surface area contributed by atoms with E-state index in [-0.39, 0.29) is 6.61 Å². The molecule has 0 aliphatic rings. The number of oxazole rings is 1. The van der Waals surface area contributed by atoms with Crippen LogP contribution >= 0.6 is 34.8 Å². The molecule has 0 saturated carbocycles. The summed E-state index contributed by atoms with van der Waals surface area (Å²) in [6.07, 6.45) is 0. The van der Waals surface area contributed by atoms with Gasteiger partial charge in [0.15, 0.2) is 17.9 Å². The summed E-state index contributed by atoms with van der Waals surface area (Å²) < 4.78 is 17.2. The maximum atomic E-state index is 7.12. The third-order valence-corrected chi connectivity index (χ3v) is 4.72. The standard InChI is InChI=1S/C21H11Cl3N2O3/c1-25-13-7-12(22)8-15(9-13)28-19-10-14(5-6-16(19)23)27-11-20-26-18-4-2-3-17(24)21(18)29-20/h2-10H,11H2. The highest BCUT2D eigenvalue weighted by Crippen LogP contribution is 2.36. The average molecular weight is 446 g/mol. The van der Waals surface area contributed by atoms with Gasteiger partial charge in [0.2, 0.25) is 5.89 Å². The maximum absolute atomic E-state index is 7.12. The highest BCUT2D eigenvalue weighted by atomic mass is 35.5. The van der Waals surface area contributed by atoms with Crippen LogP contribution in [0.4, 0.5) is 5.69 Å². The molecule has 8 heteroatoms. The van der Waals surface area contributed by atoms with Crippen molar-refractivity contribution < 1.29 is 13.9 Å². The first-order valence-corrected chi connectivity index (χ1v) is 9.47. The second kappa shape index (κ2) is 8.22. The van der Waals surface area contributed by atoms with Crippen LogP contribution in [0.5, 0.6) is 17.2 Å². The smallest absolute Gasteiger partial charge is 0.233 e. The van der Waals surface area contributed by atoms with Gasteiger partial charge in [-0.1, -0.05) is 40.9 Å². The van der Waals surface area contributed by atoms with Gasteiger partial charge in [0.05, 0.1) is 16.6 Å². The molecular formula is C21H11Cl3N2O3. The van der Waals surface area contributed by atoms with E-state index >= 15 is 0 Å². The molecule has 1 heterocycles. The summed E-state index contributed by atoms with van der Waals surface area (Å²) in [5, 5.41) is 1.27. The molecule has 4 rings (SSSR count). The van der Waals surface area contributed by atoms with E-state index in [1.54, 1.807) is 48.5 Å². The van der Waals surface area contributed by atoms with Crippen molar-refractivity contribution in [2.45, 2.75) is 6.61 Å². The quantitative estimate of drug-likeness (QED) is 0.295. The summed E-state index contributed by atoms with van der Waals surface area (Å²) in [6.45, 7) is 7.23. The topological polar surface area (TPSA) is 48.9 Å². The Bertz CT molecular complexity index is 1250. The minimum Gasteiger partial charge on any atom is -0.484 e. The Balaban J connectivity index is 1.53. The number of nitrogens with zero attached hydrogens (tertiary/aromatic N) is 2. The fraction of sp³-hybridized carbons (Fsp3) is 0.0476. The molecule has 1 aromatic heterocycles. The molecule has 3 aromatic carbocycles. The van der Waals surface area contributed by atoms with Crippen molar-refractivity contribution in [3.05, 3.63) is 87.0 Å². The number of fused-ring (bicyclic) bond motifs is 1. The van der Waals surface area contributed by atoms with E-state index in [0.29, 0.717) is 55.0 Å². The van der Waals surface area contributed by atoms with Gasteiger partial charge in [0.1, 0.15) is 22.8 Å². The molecule has 0 amide bonds. The minimum atomic E-state index is 0.102. The molecule has 0 bridgehead atoms. The first kappa shape index (κ1) is 19.4. The number of ether oxygens (including phenoxy) is 2. The normalized spacial score (nSPS) is 10.7. The summed E-state index contributed by atoms with van der Waals surface area (Å²) in [7, 11) is 0. The molecule has 4 aromatic rings. The van der Waals surface area contributed by atoms with Crippen molar-refractivity contribution in [1.82, 2.24) is 4.98 Å². The molecule has 0 N–H and O–H groups in total. The average Bonchev–Trinajstić information content (AvgIpc) is 3.13. The fourth-order valence-electron chi connectivity index (χ4n) is 2.62. The number of para-hydroxylation sites is 1. The highest BCUT2D eigenvalue weighted by Gasteiger charge is 2.11. The number of hydrogen-bond donors (Lipinski definition) is 0. The summed E-state index contributed by atoms with van der Waals surface area (Å²) in [5.74, 6) is 1.66. The van der Waals surface area contributed by atoms with Crippen molar-refractivity contribution in [2.24, 2.45) is 0 Å². The van der Waals surface area contributed by atoms with Gasteiger partial charge in [-0.25, -0.2) is 9.83 Å². The second-order valence-corrected chi connectivity index (χ2v) is 7.19. The third-order valence-electron chi connectivity index (χ3n) is 3.89. The Hall–Kier alpha value is -2.91. The van der Waals surface area contributed by atoms with Crippen molar-refractivity contribution >= 4 is 51.6 Å². The molecule has 0 spiro atoms. The van der Waals surface area contributed by atoms with Gasteiger partial charge >= 0.3 is 0 Å². The van der Waals surface area contributed by atoms with E-state index in [1.807, 2.05) is 6.07 Å². The molecule has 0 radical (unpaired) electrons. The monoisotopic (exact) mass is 444 g/mol. The molecule has 5 nitrogen and oxygen atoms in total. The van der Waals surface area contributed by atoms with Crippen LogP contribution in [0.2, 0.25) is 15.1 Å². The van der Waals surface area contributed by atoms with Gasteiger partial charge < -0.3 is 13.9 Å². The van der Waals surface area contributed by atoms with Crippen LogP contribution in [-0.2, 0) is 6.61 Å². The maximum Gasteiger partial charge on any atom is 0.233 e. The van der Waals surface area contributed by atoms with Crippen LogP contribution in [0.1, 0.15) is 5.89 Å². The van der Waals surface area contributed by atoms with Crippen molar-refractivity contribution in [2.75, 3.05) is 0 Å². The molecular weight excluding hydrogens is 435 g/mol. The van der Waals surface area contributed by atoms with Gasteiger partial charge in [-0.3, -0.25) is 0 Å². The second-order valence-electron chi connectivity index (χ2n) is 5.94. The lowest BCUT2D eigenvalue weighted by Crippen LogP contribution is -1.96. The zero-order chi connectivity index (χ0) is 20.4. The van der Waals surface area contributed by atoms with E-state index in [9.17, 15) is 0 Å². The number of benzene rings is 3. The van der Waals surface area contributed by atoms with Gasteiger partial charge in [0, 0.05) is 11.1 Å². The number of halogens is 3. The fourth-order valence-corrected chi connectivity index (χ4v) is 3.20. The van der Waals surface area contributed by atoms with E-state index in [0.717, 1.165) is 0 Å². The number of rotatable bonds is 5. The van der Waals surface area contributed by atoms with Crippen molar-refractivity contribution in [1.29, 1.82) is 0 Å². The van der Waals surface area contributed by atoms with Crippen LogP contribution in [0.3, 0.4) is 0 Å². The summed E-state index contributed by atoms with van der Waals surface area (Å²) in [4.78, 5) is 7.71. The lowest BCUT2D eigenvalue weighted by Gasteiger charge is -2.11. The summed E-state index contributed by atoms with van der Waals surface area (Å²) in [6, 6.07) is 15.1. The Labute approximate surface area is 181 Å². The van der Waals surface area contributed by atoms with E-state index in [2.05, 4.69) is 9.83 Å². The lowest BCUT2D eigenvalue weighted by molar-refractivity contribution is 0.266. The lowest BCUT2D eigenvalue weighted by atomic mass is 10.3. The van der Waals surface area contributed by atoms with E-state index in [4.69, 9.17) is 55.3 Å². The van der Waals surface area contributed by atoms with Gasteiger partial charge in [0.25, 0.3) is 0 Å².